The summed E-state index contributed by atoms with van der Waals surface area (Å²) in [5, 5.41) is 6.91. The van der Waals surface area contributed by atoms with Crippen molar-refractivity contribution >= 4 is 51.0 Å². The number of aryl methyl sites for hydroxylation is 3. The summed E-state index contributed by atoms with van der Waals surface area (Å²) in [6.45, 7) is 7.87. The normalized spacial score (nSPS) is 11.2. The van der Waals surface area contributed by atoms with E-state index in [9.17, 15) is 4.79 Å². The molecule has 5 rings (SSSR count). The molecule has 5 aromatic rings. The van der Waals surface area contributed by atoms with Crippen LogP contribution in [0.25, 0.3) is 33.5 Å². The molecule has 0 bridgehead atoms. The molecule has 0 saturated heterocycles. The van der Waals surface area contributed by atoms with Gasteiger partial charge in [0.05, 0.1) is 0 Å². The zero-order valence-electron chi connectivity index (χ0n) is 19.3. The van der Waals surface area contributed by atoms with E-state index >= 15 is 0 Å². The second-order valence-corrected chi connectivity index (χ2v) is 8.80. The number of rotatable bonds is 3. The third-order valence-corrected chi connectivity index (χ3v) is 6.11. The monoisotopic (exact) mass is 469 g/mol. The molecule has 0 fully saturated rings. The van der Waals surface area contributed by atoms with E-state index in [1.165, 1.54) is 0 Å². The summed E-state index contributed by atoms with van der Waals surface area (Å²) in [5.74, 6) is 0.385. The van der Waals surface area contributed by atoms with Gasteiger partial charge in [0.1, 0.15) is 11.1 Å². The van der Waals surface area contributed by atoms with E-state index in [1.807, 2.05) is 76.2 Å². The molecule has 6 nitrogen and oxygen atoms in total. The fourth-order valence-corrected chi connectivity index (χ4v) is 4.40. The van der Waals surface area contributed by atoms with Gasteiger partial charge >= 0.3 is 0 Å². The lowest BCUT2D eigenvalue weighted by Gasteiger charge is -2.13. The van der Waals surface area contributed by atoms with Gasteiger partial charge in [0.25, 0.3) is 5.91 Å². The van der Waals surface area contributed by atoms with Gasteiger partial charge in [-0.15, -0.1) is 0 Å². The molecule has 0 radical (unpaired) electrons. The topological polar surface area (TPSA) is 80.3 Å². The highest BCUT2D eigenvalue weighted by Gasteiger charge is 2.19. The number of para-hydroxylation sites is 1. The number of oxazole rings is 1. The molecule has 0 unspecified atom stereocenters. The maximum atomic E-state index is 12.8. The Bertz CT molecular complexity index is 1600. The highest BCUT2D eigenvalue weighted by Crippen LogP contribution is 2.32. The van der Waals surface area contributed by atoms with Crippen molar-refractivity contribution in [2.45, 2.75) is 27.7 Å². The van der Waals surface area contributed by atoms with Crippen LogP contribution in [0.4, 0.5) is 5.69 Å². The van der Waals surface area contributed by atoms with Gasteiger partial charge in [-0.3, -0.25) is 10.1 Å². The molecule has 0 aliphatic heterocycles. The average Bonchev–Trinajstić information content (AvgIpc) is 3.37. The first kappa shape index (κ1) is 21.9. The van der Waals surface area contributed by atoms with Crippen molar-refractivity contribution < 1.29 is 13.6 Å². The Kier molecular flexibility index (Phi) is 5.42. The molecular weight excluding hydrogens is 446 g/mol. The Hall–Kier alpha value is -3.97. The fourth-order valence-electron chi connectivity index (χ4n) is 4.20. The SMILES string of the molecule is Cc1cc(C)c2oc(-c3cccc(NC(=S)NC(=O)c4oc5ccccc5c4C)c3C)nc2c1. The van der Waals surface area contributed by atoms with Crippen LogP contribution in [-0.4, -0.2) is 16.0 Å². The Morgan fingerprint density at radius 3 is 2.53 bits per heavy atom. The highest BCUT2D eigenvalue weighted by atomic mass is 32.1. The van der Waals surface area contributed by atoms with Crippen LogP contribution in [0, 0.1) is 27.7 Å². The highest BCUT2D eigenvalue weighted by molar-refractivity contribution is 7.80. The van der Waals surface area contributed by atoms with E-state index in [2.05, 4.69) is 16.7 Å². The lowest BCUT2D eigenvalue weighted by atomic mass is 10.1. The van der Waals surface area contributed by atoms with E-state index < -0.39 is 5.91 Å². The van der Waals surface area contributed by atoms with E-state index in [-0.39, 0.29) is 10.9 Å². The molecular formula is C27H23N3O3S. The molecule has 7 heteroatoms. The first-order valence-corrected chi connectivity index (χ1v) is 11.3. The van der Waals surface area contributed by atoms with E-state index in [4.69, 9.17) is 26.0 Å². The van der Waals surface area contributed by atoms with Crippen LogP contribution in [0.2, 0.25) is 0 Å². The van der Waals surface area contributed by atoms with Crippen molar-refractivity contribution in [3.63, 3.8) is 0 Å². The second kappa shape index (κ2) is 8.43. The molecule has 0 atom stereocenters. The van der Waals surface area contributed by atoms with Crippen LogP contribution in [0.5, 0.6) is 0 Å². The van der Waals surface area contributed by atoms with Gasteiger partial charge in [-0.05, 0) is 80.9 Å². The van der Waals surface area contributed by atoms with Gasteiger partial charge in [-0.2, -0.15) is 0 Å². The number of furan rings is 1. The first-order chi connectivity index (χ1) is 16.3. The van der Waals surface area contributed by atoms with Gasteiger partial charge in [0.15, 0.2) is 16.5 Å². The molecule has 34 heavy (non-hydrogen) atoms. The number of hydrogen-bond donors (Lipinski definition) is 2. The third kappa shape index (κ3) is 3.84. The van der Waals surface area contributed by atoms with Crippen molar-refractivity contribution in [3.8, 4) is 11.5 Å². The molecule has 0 aliphatic carbocycles. The van der Waals surface area contributed by atoms with Gasteiger partial charge in [0.2, 0.25) is 5.89 Å². The van der Waals surface area contributed by atoms with Crippen molar-refractivity contribution in [3.05, 3.63) is 82.6 Å². The predicted octanol–water partition coefficient (Wildman–Crippen LogP) is 6.60. The largest absolute Gasteiger partial charge is 0.451 e. The van der Waals surface area contributed by atoms with Gasteiger partial charge in [-0.1, -0.05) is 30.3 Å². The maximum absolute atomic E-state index is 12.8. The number of amides is 1. The van der Waals surface area contributed by atoms with E-state index in [0.29, 0.717) is 11.5 Å². The van der Waals surface area contributed by atoms with Crippen molar-refractivity contribution in [1.29, 1.82) is 0 Å². The van der Waals surface area contributed by atoms with Crippen LogP contribution in [0.3, 0.4) is 0 Å². The summed E-state index contributed by atoms with van der Waals surface area (Å²) in [5.41, 5.74) is 7.73. The lowest BCUT2D eigenvalue weighted by Crippen LogP contribution is -2.34. The van der Waals surface area contributed by atoms with Crippen molar-refractivity contribution in [2.24, 2.45) is 0 Å². The fraction of sp³-hybridized carbons (Fsp3) is 0.148. The van der Waals surface area contributed by atoms with E-state index in [0.717, 1.165) is 50.0 Å². The zero-order chi connectivity index (χ0) is 24.0. The number of anilines is 1. The number of nitrogens with zero attached hydrogens (tertiary/aromatic N) is 1. The lowest BCUT2D eigenvalue weighted by molar-refractivity contribution is 0.0952. The predicted molar refractivity (Wildman–Crippen MR) is 138 cm³/mol. The van der Waals surface area contributed by atoms with Gasteiger partial charge < -0.3 is 14.2 Å². The van der Waals surface area contributed by atoms with Crippen molar-refractivity contribution in [2.75, 3.05) is 5.32 Å². The number of benzene rings is 3. The summed E-state index contributed by atoms with van der Waals surface area (Å²) in [6, 6.07) is 17.4. The molecule has 2 heterocycles. The Balaban J connectivity index is 1.38. The van der Waals surface area contributed by atoms with Crippen LogP contribution < -0.4 is 10.6 Å². The minimum absolute atomic E-state index is 0.175. The molecule has 170 valence electrons. The molecule has 3 aromatic carbocycles. The van der Waals surface area contributed by atoms with Gasteiger partial charge in [0, 0.05) is 22.2 Å². The number of aromatic nitrogens is 1. The molecule has 1 amide bonds. The standard InChI is InChI=1S/C27H23N3O3S/c1-14-12-15(2)23-21(13-14)28-26(33-23)19-9-7-10-20(16(19)3)29-27(34)30-25(31)24-17(4)18-8-5-6-11-22(18)32-24/h5-13H,1-4H3,(H2,29,30,31,34). The summed E-state index contributed by atoms with van der Waals surface area (Å²) in [7, 11) is 0. The van der Waals surface area contributed by atoms with Crippen LogP contribution in [0.1, 0.15) is 32.8 Å². The number of carbonyl (C=O) groups is 1. The average molecular weight is 470 g/mol. The molecule has 2 aromatic heterocycles. The number of fused-ring (bicyclic) bond motifs is 2. The number of carbonyl (C=O) groups excluding carboxylic acids is 1. The Labute approximate surface area is 202 Å². The van der Waals surface area contributed by atoms with Crippen molar-refractivity contribution in [1.82, 2.24) is 10.3 Å². The first-order valence-electron chi connectivity index (χ1n) is 10.9. The van der Waals surface area contributed by atoms with Crippen LogP contribution >= 0.6 is 12.2 Å². The summed E-state index contributed by atoms with van der Waals surface area (Å²) in [4.78, 5) is 17.5. The quantitative estimate of drug-likeness (QED) is 0.290. The Morgan fingerprint density at radius 2 is 1.74 bits per heavy atom. The molecule has 2 N–H and O–H groups in total. The van der Waals surface area contributed by atoms with Gasteiger partial charge in [-0.25, -0.2) is 4.98 Å². The smallest absolute Gasteiger partial charge is 0.293 e. The zero-order valence-corrected chi connectivity index (χ0v) is 20.1. The number of thiocarbonyl (C=S) groups is 1. The van der Waals surface area contributed by atoms with Crippen LogP contribution in [0.15, 0.2) is 63.4 Å². The molecule has 0 saturated carbocycles. The summed E-state index contributed by atoms with van der Waals surface area (Å²) >= 11 is 5.42. The van der Waals surface area contributed by atoms with Crippen LogP contribution in [-0.2, 0) is 0 Å². The number of nitrogens with one attached hydrogen (secondary N) is 2. The minimum atomic E-state index is -0.398. The minimum Gasteiger partial charge on any atom is -0.451 e. The molecule has 0 aliphatic rings. The summed E-state index contributed by atoms with van der Waals surface area (Å²) < 4.78 is 11.8. The third-order valence-electron chi connectivity index (χ3n) is 5.91. The van der Waals surface area contributed by atoms with E-state index in [1.54, 1.807) is 0 Å². The number of hydrogen-bond acceptors (Lipinski definition) is 5. The maximum Gasteiger partial charge on any atom is 0.293 e. The Morgan fingerprint density at radius 1 is 0.941 bits per heavy atom. The molecule has 0 spiro atoms. The summed E-state index contributed by atoms with van der Waals surface area (Å²) in [6.07, 6.45) is 0. The second-order valence-electron chi connectivity index (χ2n) is 8.39.